The van der Waals surface area contributed by atoms with E-state index >= 15 is 0 Å². The fraction of sp³-hybridized carbons (Fsp3) is 0.320. The van der Waals surface area contributed by atoms with E-state index in [0.29, 0.717) is 47.4 Å². The monoisotopic (exact) mass is 469 g/mol. The number of nitrogens with zero attached hydrogens (tertiary/aromatic N) is 2. The Bertz CT molecular complexity index is 1140. The van der Waals surface area contributed by atoms with E-state index in [0.717, 1.165) is 12.8 Å². The normalized spacial score (nSPS) is 12.9. The Morgan fingerprint density at radius 3 is 2.68 bits per heavy atom. The van der Waals surface area contributed by atoms with E-state index in [1.165, 1.54) is 6.07 Å². The Morgan fingerprint density at radius 2 is 1.91 bits per heavy atom. The summed E-state index contributed by atoms with van der Waals surface area (Å²) in [6.45, 7) is -0.0501. The molecule has 0 aliphatic heterocycles. The van der Waals surface area contributed by atoms with Gasteiger partial charge in [-0.15, -0.1) is 0 Å². The molecule has 1 N–H and O–H groups in total. The molecule has 1 heterocycles. The molecule has 2 aromatic carbocycles. The quantitative estimate of drug-likeness (QED) is 0.432. The molecule has 178 valence electrons. The van der Waals surface area contributed by atoms with Crippen LogP contribution in [0, 0.1) is 5.92 Å². The van der Waals surface area contributed by atoms with E-state index in [9.17, 15) is 13.6 Å². The van der Waals surface area contributed by atoms with Crippen LogP contribution in [0.4, 0.5) is 8.78 Å². The van der Waals surface area contributed by atoms with Crippen LogP contribution in [0.5, 0.6) is 17.2 Å². The zero-order valence-corrected chi connectivity index (χ0v) is 18.7. The van der Waals surface area contributed by atoms with Gasteiger partial charge in [-0.25, -0.2) is 4.98 Å². The Kier molecular flexibility index (Phi) is 7.51. The van der Waals surface area contributed by atoms with Crippen LogP contribution in [0.15, 0.2) is 54.9 Å². The van der Waals surface area contributed by atoms with Crippen LogP contribution in [-0.2, 0) is 6.54 Å². The third kappa shape index (κ3) is 6.18. The fourth-order valence-corrected chi connectivity index (χ4v) is 3.30. The lowest BCUT2D eigenvalue weighted by atomic mass is 10.1. The summed E-state index contributed by atoms with van der Waals surface area (Å²) in [6, 6.07) is 11.7. The van der Waals surface area contributed by atoms with Crippen molar-refractivity contribution in [2.45, 2.75) is 32.9 Å². The summed E-state index contributed by atoms with van der Waals surface area (Å²) in [7, 11) is 0. The molecule has 9 heteroatoms. The molecular formula is C25H25F2N3O4. The van der Waals surface area contributed by atoms with Gasteiger partial charge >= 0.3 is 6.61 Å². The first-order valence-electron chi connectivity index (χ1n) is 11.1. The second-order valence-corrected chi connectivity index (χ2v) is 7.80. The number of hydrogen-bond acceptors (Lipinski definition) is 6. The summed E-state index contributed by atoms with van der Waals surface area (Å²) in [5.41, 5.74) is 2.12. The maximum Gasteiger partial charge on any atom is 0.387 e. The molecule has 0 radical (unpaired) electrons. The van der Waals surface area contributed by atoms with Gasteiger partial charge in [0.05, 0.1) is 49.1 Å². The topological polar surface area (TPSA) is 82.6 Å². The number of alkyl halides is 2. The lowest BCUT2D eigenvalue weighted by Gasteiger charge is -2.14. The van der Waals surface area contributed by atoms with E-state index < -0.39 is 6.61 Å². The number of para-hydroxylation sites is 1. The van der Waals surface area contributed by atoms with Crippen molar-refractivity contribution in [2.24, 2.45) is 5.92 Å². The van der Waals surface area contributed by atoms with Crippen LogP contribution in [0.2, 0.25) is 0 Å². The molecule has 1 aliphatic rings. The van der Waals surface area contributed by atoms with Crippen LogP contribution in [0.1, 0.15) is 35.8 Å². The fourth-order valence-electron chi connectivity index (χ4n) is 3.30. The number of carbonyl (C=O) groups excluding carboxylic acids is 1. The summed E-state index contributed by atoms with van der Waals surface area (Å²) in [6.07, 6.45) is 5.25. The first-order valence-corrected chi connectivity index (χ1v) is 11.1. The van der Waals surface area contributed by atoms with Gasteiger partial charge in [-0.1, -0.05) is 12.1 Å². The maximum absolute atomic E-state index is 12.8. The molecule has 0 saturated heterocycles. The van der Waals surface area contributed by atoms with Crippen LogP contribution >= 0.6 is 0 Å². The van der Waals surface area contributed by atoms with Gasteiger partial charge in [0, 0.05) is 5.56 Å². The Labute approximate surface area is 196 Å². The number of nitrogens with one attached hydrogen (secondary N) is 1. The number of rotatable bonds is 11. The number of carbonyl (C=O) groups is 1. The van der Waals surface area contributed by atoms with Crippen LogP contribution in [-0.4, -0.2) is 35.7 Å². The predicted octanol–water partition coefficient (Wildman–Crippen LogP) is 4.86. The van der Waals surface area contributed by atoms with Crippen molar-refractivity contribution in [3.05, 3.63) is 66.1 Å². The SMILES string of the molecule is CCOc1ccccc1C(=O)NCc1cncc(-c2ccc(OC(F)F)c(OCC3CC3)c2)n1. The lowest BCUT2D eigenvalue weighted by Crippen LogP contribution is -2.24. The van der Waals surface area contributed by atoms with Crippen LogP contribution < -0.4 is 19.5 Å². The molecule has 3 aromatic rings. The number of benzene rings is 2. The van der Waals surface area contributed by atoms with Gasteiger partial charge in [0.15, 0.2) is 11.5 Å². The van der Waals surface area contributed by atoms with Crippen molar-refractivity contribution in [2.75, 3.05) is 13.2 Å². The number of ether oxygens (including phenoxy) is 3. The van der Waals surface area contributed by atoms with E-state index in [1.807, 2.05) is 6.92 Å². The Morgan fingerprint density at radius 1 is 1.09 bits per heavy atom. The van der Waals surface area contributed by atoms with E-state index in [-0.39, 0.29) is 24.0 Å². The maximum atomic E-state index is 12.8. The Hall–Kier alpha value is -3.75. The summed E-state index contributed by atoms with van der Waals surface area (Å²) in [5, 5.41) is 2.83. The average Bonchev–Trinajstić information content (AvgIpc) is 3.67. The highest BCUT2D eigenvalue weighted by atomic mass is 19.3. The van der Waals surface area contributed by atoms with Crippen molar-refractivity contribution >= 4 is 5.91 Å². The average molecular weight is 469 g/mol. The van der Waals surface area contributed by atoms with Gasteiger partial charge in [-0.2, -0.15) is 8.78 Å². The third-order valence-electron chi connectivity index (χ3n) is 5.17. The molecule has 0 unspecified atom stereocenters. The first-order chi connectivity index (χ1) is 16.5. The largest absolute Gasteiger partial charge is 0.493 e. The molecule has 1 saturated carbocycles. The van der Waals surface area contributed by atoms with Crippen molar-refractivity contribution in [1.82, 2.24) is 15.3 Å². The zero-order chi connectivity index (χ0) is 23.9. The predicted molar refractivity (Wildman–Crippen MR) is 121 cm³/mol. The molecule has 7 nitrogen and oxygen atoms in total. The molecule has 34 heavy (non-hydrogen) atoms. The van der Waals surface area contributed by atoms with Crippen LogP contribution in [0.3, 0.4) is 0 Å². The second kappa shape index (κ2) is 10.9. The van der Waals surface area contributed by atoms with E-state index in [4.69, 9.17) is 9.47 Å². The molecule has 0 atom stereocenters. The molecule has 0 spiro atoms. The molecule has 1 aromatic heterocycles. The minimum absolute atomic E-state index is 0.0243. The van der Waals surface area contributed by atoms with E-state index in [1.54, 1.807) is 48.8 Å². The third-order valence-corrected chi connectivity index (χ3v) is 5.17. The summed E-state index contributed by atoms with van der Waals surface area (Å²) < 4.78 is 41.4. The Balaban J connectivity index is 1.48. The van der Waals surface area contributed by atoms with Gasteiger partial charge in [-0.3, -0.25) is 9.78 Å². The van der Waals surface area contributed by atoms with Gasteiger partial charge in [0.25, 0.3) is 5.91 Å². The van der Waals surface area contributed by atoms with Crippen molar-refractivity contribution in [1.29, 1.82) is 0 Å². The second-order valence-electron chi connectivity index (χ2n) is 7.80. The molecule has 1 fully saturated rings. The minimum atomic E-state index is -2.95. The number of halogens is 2. The summed E-state index contributed by atoms with van der Waals surface area (Å²) in [4.78, 5) is 21.4. The van der Waals surface area contributed by atoms with E-state index in [2.05, 4.69) is 20.0 Å². The van der Waals surface area contributed by atoms with Crippen molar-refractivity contribution < 1.29 is 27.8 Å². The molecular weight excluding hydrogens is 444 g/mol. The molecule has 1 amide bonds. The number of amides is 1. The smallest absolute Gasteiger partial charge is 0.387 e. The molecule has 0 bridgehead atoms. The highest BCUT2D eigenvalue weighted by Gasteiger charge is 2.23. The van der Waals surface area contributed by atoms with Gasteiger partial charge in [0.2, 0.25) is 0 Å². The molecule has 4 rings (SSSR count). The number of aromatic nitrogens is 2. The first kappa shape index (κ1) is 23.4. The van der Waals surface area contributed by atoms with Gasteiger partial charge in [0.1, 0.15) is 5.75 Å². The highest BCUT2D eigenvalue weighted by Crippen LogP contribution is 2.36. The lowest BCUT2D eigenvalue weighted by molar-refractivity contribution is -0.0515. The van der Waals surface area contributed by atoms with Gasteiger partial charge < -0.3 is 19.5 Å². The van der Waals surface area contributed by atoms with Gasteiger partial charge in [-0.05, 0) is 56.0 Å². The van der Waals surface area contributed by atoms with Crippen molar-refractivity contribution in [3.63, 3.8) is 0 Å². The zero-order valence-electron chi connectivity index (χ0n) is 18.7. The standard InChI is InChI=1S/C25H25F2N3O4/c1-2-32-21-6-4-3-5-19(21)24(31)29-13-18-12-28-14-20(30-18)17-9-10-22(34-25(26)27)23(11-17)33-15-16-7-8-16/h3-6,9-12,14,16,25H,2,7-8,13,15H2,1H3,(H,29,31). The molecule has 1 aliphatic carbocycles. The number of hydrogen-bond donors (Lipinski definition) is 1. The highest BCUT2D eigenvalue weighted by molar-refractivity contribution is 5.96. The van der Waals surface area contributed by atoms with Crippen molar-refractivity contribution in [3.8, 4) is 28.5 Å². The van der Waals surface area contributed by atoms with Crippen LogP contribution in [0.25, 0.3) is 11.3 Å². The summed E-state index contributed by atoms with van der Waals surface area (Å²) >= 11 is 0. The summed E-state index contributed by atoms with van der Waals surface area (Å²) in [5.74, 6) is 0.872. The minimum Gasteiger partial charge on any atom is -0.493 e.